The summed E-state index contributed by atoms with van der Waals surface area (Å²) in [6, 6.07) is 8.45. The van der Waals surface area contributed by atoms with Crippen molar-refractivity contribution >= 4 is 23.3 Å². The molecule has 0 saturated heterocycles. The SMILES string of the molecule is Cc1ccc([C@H]2CC(=O)c3cn4nc(SCCC(C)C)nc4nc3C2)cc1. The first-order chi connectivity index (χ1) is 13.0. The molecule has 0 N–H and O–H groups in total. The number of nitrogens with zero attached hydrogens (tertiary/aromatic N) is 4. The lowest BCUT2D eigenvalue weighted by Gasteiger charge is -2.23. The van der Waals surface area contributed by atoms with E-state index in [0.717, 1.165) is 29.4 Å². The molecular formula is C21H24N4OS. The standard InChI is InChI=1S/C21H24N4OS/c1-13(2)8-9-27-21-23-20-22-18-10-16(15-6-4-14(3)5-7-15)11-19(26)17(18)12-25(20)24-21/h4-7,12-13,16H,8-11H2,1-3H3/t16-/m1/s1. The van der Waals surface area contributed by atoms with Crippen LogP contribution >= 0.6 is 11.8 Å². The van der Waals surface area contributed by atoms with Crippen molar-refractivity contribution in [1.29, 1.82) is 0 Å². The highest BCUT2D eigenvalue weighted by Crippen LogP contribution is 2.32. The minimum atomic E-state index is 0.140. The predicted octanol–water partition coefficient (Wildman–Crippen LogP) is 4.48. The van der Waals surface area contributed by atoms with Crippen LogP contribution in [-0.4, -0.2) is 31.1 Å². The van der Waals surface area contributed by atoms with Crippen LogP contribution < -0.4 is 0 Å². The maximum absolute atomic E-state index is 12.7. The number of Topliss-reactive ketones (excluding diaryl/α,β-unsaturated/α-hetero) is 1. The summed E-state index contributed by atoms with van der Waals surface area (Å²) >= 11 is 1.65. The molecule has 4 rings (SSSR count). The molecule has 2 heterocycles. The third-order valence-electron chi connectivity index (χ3n) is 5.04. The molecule has 0 unspecified atom stereocenters. The first-order valence-corrected chi connectivity index (χ1v) is 10.5. The van der Waals surface area contributed by atoms with Gasteiger partial charge in [-0.1, -0.05) is 55.4 Å². The number of carbonyl (C=O) groups is 1. The van der Waals surface area contributed by atoms with Crippen LogP contribution in [0.3, 0.4) is 0 Å². The topological polar surface area (TPSA) is 60.2 Å². The Morgan fingerprint density at radius 3 is 2.70 bits per heavy atom. The number of aryl methyl sites for hydroxylation is 1. The Morgan fingerprint density at radius 1 is 1.19 bits per heavy atom. The second kappa shape index (κ2) is 7.43. The van der Waals surface area contributed by atoms with E-state index in [1.165, 1.54) is 11.1 Å². The van der Waals surface area contributed by atoms with Gasteiger partial charge in [-0.05, 0) is 37.2 Å². The minimum absolute atomic E-state index is 0.140. The Balaban J connectivity index is 1.59. The summed E-state index contributed by atoms with van der Waals surface area (Å²) in [7, 11) is 0. The van der Waals surface area contributed by atoms with E-state index in [9.17, 15) is 4.79 Å². The van der Waals surface area contributed by atoms with Gasteiger partial charge in [-0.15, -0.1) is 5.10 Å². The molecule has 0 bridgehead atoms. The average molecular weight is 381 g/mol. The highest BCUT2D eigenvalue weighted by molar-refractivity contribution is 7.99. The number of thioether (sulfide) groups is 1. The zero-order valence-electron chi connectivity index (χ0n) is 16.0. The molecule has 1 aliphatic rings. The largest absolute Gasteiger partial charge is 0.294 e. The first kappa shape index (κ1) is 18.2. The Bertz CT molecular complexity index is 978. The molecule has 0 amide bonds. The second-order valence-electron chi connectivity index (χ2n) is 7.71. The van der Waals surface area contributed by atoms with Crippen molar-refractivity contribution in [2.24, 2.45) is 5.92 Å². The van der Waals surface area contributed by atoms with E-state index in [1.807, 2.05) is 6.20 Å². The summed E-state index contributed by atoms with van der Waals surface area (Å²) in [6.07, 6.45) is 4.23. The fourth-order valence-electron chi connectivity index (χ4n) is 3.39. The molecule has 3 aromatic rings. The van der Waals surface area contributed by atoms with E-state index < -0.39 is 0 Å². The van der Waals surface area contributed by atoms with E-state index in [-0.39, 0.29) is 11.7 Å². The average Bonchev–Trinajstić information content (AvgIpc) is 3.02. The fraction of sp³-hybridized carbons (Fsp3) is 0.429. The number of hydrogen-bond acceptors (Lipinski definition) is 5. The number of aromatic nitrogens is 4. The molecule has 0 aliphatic heterocycles. The molecule has 0 saturated carbocycles. The molecular weight excluding hydrogens is 356 g/mol. The van der Waals surface area contributed by atoms with Gasteiger partial charge in [0, 0.05) is 18.4 Å². The highest BCUT2D eigenvalue weighted by atomic mass is 32.2. The molecule has 1 aliphatic carbocycles. The third kappa shape index (κ3) is 3.90. The normalized spacial score (nSPS) is 16.9. The summed E-state index contributed by atoms with van der Waals surface area (Å²) < 4.78 is 1.65. The Labute approximate surface area is 163 Å². The fourth-order valence-corrected chi connectivity index (χ4v) is 4.45. The van der Waals surface area contributed by atoms with E-state index in [0.29, 0.717) is 23.7 Å². The van der Waals surface area contributed by atoms with E-state index in [4.69, 9.17) is 0 Å². The molecule has 0 spiro atoms. The molecule has 27 heavy (non-hydrogen) atoms. The maximum Gasteiger partial charge on any atom is 0.253 e. The molecule has 140 valence electrons. The van der Waals surface area contributed by atoms with Crippen LogP contribution in [0.25, 0.3) is 5.78 Å². The van der Waals surface area contributed by atoms with Crippen molar-refractivity contribution in [3.8, 4) is 0 Å². The minimum Gasteiger partial charge on any atom is -0.294 e. The van der Waals surface area contributed by atoms with Crippen LogP contribution in [0, 0.1) is 12.8 Å². The summed E-state index contributed by atoms with van der Waals surface area (Å²) in [5.74, 6) is 2.56. The van der Waals surface area contributed by atoms with Crippen LogP contribution in [0.15, 0.2) is 35.6 Å². The zero-order chi connectivity index (χ0) is 19.0. The smallest absolute Gasteiger partial charge is 0.253 e. The number of benzene rings is 1. The molecule has 5 nitrogen and oxygen atoms in total. The number of hydrogen-bond donors (Lipinski definition) is 0. The van der Waals surface area contributed by atoms with Crippen molar-refractivity contribution in [3.63, 3.8) is 0 Å². The summed E-state index contributed by atoms with van der Waals surface area (Å²) in [4.78, 5) is 21.9. The molecule has 2 aromatic heterocycles. The number of rotatable bonds is 5. The van der Waals surface area contributed by atoms with Gasteiger partial charge in [0.1, 0.15) is 0 Å². The Kier molecular flexibility index (Phi) is 5.00. The summed E-state index contributed by atoms with van der Waals surface area (Å²) in [6.45, 7) is 6.50. The van der Waals surface area contributed by atoms with Gasteiger partial charge in [0.05, 0.1) is 11.3 Å². The van der Waals surface area contributed by atoms with Crippen LogP contribution in [0.5, 0.6) is 0 Å². The van der Waals surface area contributed by atoms with E-state index in [1.54, 1.807) is 16.3 Å². The predicted molar refractivity (Wildman–Crippen MR) is 108 cm³/mol. The molecule has 0 radical (unpaired) electrons. The molecule has 0 fully saturated rings. The highest BCUT2D eigenvalue weighted by Gasteiger charge is 2.28. The van der Waals surface area contributed by atoms with Gasteiger partial charge in [-0.25, -0.2) is 9.50 Å². The zero-order valence-corrected chi connectivity index (χ0v) is 16.8. The van der Waals surface area contributed by atoms with Crippen molar-refractivity contribution in [3.05, 3.63) is 52.8 Å². The van der Waals surface area contributed by atoms with E-state index in [2.05, 4.69) is 60.1 Å². The van der Waals surface area contributed by atoms with Crippen LogP contribution in [0.4, 0.5) is 0 Å². The second-order valence-corrected chi connectivity index (χ2v) is 8.77. The Morgan fingerprint density at radius 2 is 1.96 bits per heavy atom. The van der Waals surface area contributed by atoms with Crippen molar-refractivity contribution in [1.82, 2.24) is 19.6 Å². The van der Waals surface area contributed by atoms with Crippen molar-refractivity contribution in [2.45, 2.75) is 51.1 Å². The lowest BCUT2D eigenvalue weighted by atomic mass is 9.82. The van der Waals surface area contributed by atoms with Gasteiger partial charge < -0.3 is 0 Å². The molecule has 1 atom stereocenters. The van der Waals surface area contributed by atoms with Gasteiger partial charge in [-0.3, -0.25) is 4.79 Å². The van der Waals surface area contributed by atoms with Crippen LogP contribution in [-0.2, 0) is 6.42 Å². The monoisotopic (exact) mass is 380 g/mol. The third-order valence-corrected chi connectivity index (χ3v) is 5.91. The lowest BCUT2D eigenvalue weighted by Crippen LogP contribution is -2.21. The maximum atomic E-state index is 12.7. The number of fused-ring (bicyclic) bond motifs is 2. The van der Waals surface area contributed by atoms with Gasteiger partial charge in [0.2, 0.25) is 5.16 Å². The summed E-state index contributed by atoms with van der Waals surface area (Å²) in [5.41, 5.74) is 3.96. The van der Waals surface area contributed by atoms with Gasteiger partial charge >= 0.3 is 0 Å². The quantitative estimate of drug-likeness (QED) is 0.611. The first-order valence-electron chi connectivity index (χ1n) is 9.48. The Hall–Kier alpha value is -2.21. The number of carbonyl (C=O) groups excluding carboxylic acids is 1. The number of ketones is 1. The molecule has 6 heteroatoms. The van der Waals surface area contributed by atoms with Crippen LogP contribution in [0.2, 0.25) is 0 Å². The van der Waals surface area contributed by atoms with Gasteiger partial charge in [0.15, 0.2) is 5.78 Å². The summed E-state index contributed by atoms with van der Waals surface area (Å²) in [5, 5.41) is 5.22. The van der Waals surface area contributed by atoms with Crippen molar-refractivity contribution in [2.75, 3.05) is 5.75 Å². The van der Waals surface area contributed by atoms with Gasteiger partial charge in [-0.2, -0.15) is 4.98 Å². The molecule has 1 aromatic carbocycles. The van der Waals surface area contributed by atoms with E-state index >= 15 is 0 Å². The lowest BCUT2D eigenvalue weighted by molar-refractivity contribution is 0.0962. The van der Waals surface area contributed by atoms with Gasteiger partial charge in [0.25, 0.3) is 5.78 Å². The van der Waals surface area contributed by atoms with Crippen molar-refractivity contribution < 1.29 is 4.79 Å². The van der Waals surface area contributed by atoms with Crippen LogP contribution in [0.1, 0.15) is 59.8 Å².